The second-order valence-electron chi connectivity index (χ2n) is 6.23. The van der Waals surface area contributed by atoms with Crippen LogP contribution < -0.4 is 16.0 Å². The van der Waals surface area contributed by atoms with Crippen molar-refractivity contribution in [2.75, 3.05) is 5.73 Å². The summed E-state index contributed by atoms with van der Waals surface area (Å²) in [5, 5.41) is 20.0. The second kappa shape index (κ2) is 8.89. The number of hydrogen-bond donors (Lipinski definition) is 4. The minimum atomic E-state index is -1.65. The van der Waals surface area contributed by atoms with Crippen LogP contribution >= 0.6 is 34.8 Å². The third kappa shape index (κ3) is 4.46. The van der Waals surface area contributed by atoms with Gasteiger partial charge < -0.3 is 25.7 Å². The van der Waals surface area contributed by atoms with Crippen LogP contribution in [0, 0.1) is 0 Å². The third-order valence-electron chi connectivity index (χ3n) is 4.32. The molecule has 0 radical (unpaired) electrons. The van der Waals surface area contributed by atoms with Crippen LogP contribution in [-0.4, -0.2) is 27.1 Å². The molecule has 0 bridgehead atoms. The van der Waals surface area contributed by atoms with E-state index in [9.17, 15) is 24.6 Å². The highest BCUT2D eigenvalue weighted by molar-refractivity contribution is 6.36. The zero-order valence-corrected chi connectivity index (χ0v) is 17.7. The quantitative estimate of drug-likeness (QED) is 0.402. The summed E-state index contributed by atoms with van der Waals surface area (Å²) < 4.78 is 5.78. The van der Waals surface area contributed by atoms with E-state index in [0.29, 0.717) is 15.6 Å². The molecule has 1 heterocycles. The zero-order valence-electron chi connectivity index (χ0n) is 15.4. The summed E-state index contributed by atoms with van der Waals surface area (Å²) >= 11 is 18.4. The number of anilines is 1. The lowest BCUT2D eigenvalue weighted by Crippen LogP contribution is -2.24. The molecule has 0 aliphatic carbocycles. The second-order valence-corrected chi connectivity index (χ2v) is 7.48. The van der Waals surface area contributed by atoms with Gasteiger partial charge in [0.15, 0.2) is 0 Å². The number of halogens is 3. The highest BCUT2D eigenvalue weighted by Gasteiger charge is 2.28. The van der Waals surface area contributed by atoms with Gasteiger partial charge in [-0.3, -0.25) is 4.79 Å². The van der Waals surface area contributed by atoms with Crippen molar-refractivity contribution in [3.63, 3.8) is 0 Å². The number of nitrogens with one attached hydrogen (secondary N) is 1. The fraction of sp³-hybridized carbons (Fsp3) is 0.0500. The maximum Gasteiger partial charge on any atom is 0.342 e. The molecule has 0 amide bonds. The number of benzene rings is 2. The molecule has 8 nitrogen and oxygen atoms in total. The van der Waals surface area contributed by atoms with E-state index in [0.717, 1.165) is 0 Å². The smallest absolute Gasteiger partial charge is 0.342 e. The Morgan fingerprint density at radius 3 is 2.19 bits per heavy atom. The Morgan fingerprint density at radius 1 is 1.00 bits per heavy atom. The van der Waals surface area contributed by atoms with E-state index in [1.807, 2.05) is 4.98 Å². The Kier molecular flexibility index (Phi) is 6.45. The van der Waals surface area contributed by atoms with Crippen LogP contribution in [0.2, 0.25) is 15.1 Å². The standard InChI is InChI=1S/C20H13Cl3N2O6/c21-8-4-5-13(31-7-10-11(22)2-1-3-12(10)23)9(6-8)14-15(19(27)28)17(24)25-18(26)16(14)20(29)30/h1-6H,7H2,(H,27,28)(H,29,30)(H3,24,25,26). The van der Waals surface area contributed by atoms with Crippen molar-refractivity contribution in [2.24, 2.45) is 0 Å². The Labute approximate surface area is 189 Å². The summed E-state index contributed by atoms with van der Waals surface area (Å²) in [6, 6.07) is 9.00. The van der Waals surface area contributed by atoms with Gasteiger partial charge in [0.05, 0.1) is 0 Å². The highest BCUT2D eigenvalue weighted by Crippen LogP contribution is 2.38. The molecule has 2 aromatic carbocycles. The maximum absolute atomic E-state index is 12.3. The summed E-state index contributed by atoms with van der Waals surface area (Å²) in [6.07, 6.45) is 0. The lowest BCUT2D eigenvalue weighted by atomic mass is 9.94. The van der Waals surface area contributed by atoms with Gasteiger partial charge in [-0.25, -0.2) is 9.59 Å². The van der Waals surface area contributed by atoms with E-state index in [4.69, 9.17) is 45.3 Å². The fourth-order valence-corrected chi connectivity index (χ4v) is 3.64. The van der Waals surface area contributed by atoms with Gasteiger partial charge in [-0.2, -0.15) is 0 Å². The monoisotopic (exact) mass is 482 g/mol. The first kappa shape index (κ1) is 22.5. The van der Waals surface area contributed by atoms with Gasteiger partial charge in [-0.15, -0.1) is 0 Å². The maximum atomic E-state index is 12.3. The molecule has 160 valence electrons. The number of hydrogen-bond acceptors (Lipinski definition) is 5. The number of carboxylic acids is 2. The van der Waals surface area contributed by atoms with Gasteiger partial charge in [-0.05, 0) is 30.3 Å². The van der Waals surface area contributed by atoms with Crippen molar-refractivity contribution in [1.29, 1.82) is 0 Å². The average Bonchev–Trinajstić information content (AvgIpc) is 2.67. The lowest BCUT2D eigenvalue weighted by Gasteiger charge is -2.17. The van der Waals surface area contributed by atoms with Crippen molar-refractivity contribution >= 4 is 52.6 Å². The summed E-state index contributed by atoms with van der Waals surface area (Å²) in [4.78, 5) is 38.0. The first-order valence-electron chi connectivity index (χ1n) is 8.49. The number of pyridine rings is 1. The van der Waals surface area contributed by atoms with E-state index in [2.05, 4.69) is 0 Å². The zero-order chi connectivity index (χ0) is 22.9. The number of carbonyl (C=O) groups is 2. The Morgan fingerprint density at radius 2 is 1.61 bits per heavy atom. The summed E-state index contributed by atoms with van der Waals surface area (Å²) in [6.45, 7) is -0.128. The van der Waals surface area contributed by atoms with Crippen LogP contribution in [0.4, 0.5) is 5.82 Å². The molecule has 0 unspecified atom stereocenters. The Balaban J connectivity index is 2.25. The third-order valence-corrected chi connectivity index (χ3v) is 5.26. The van der Waals surface area contributed by atoms with Gasteiger partial charge in [0.2, 0.25) is 0 Å². The first-order chi connectivity index (χ1) is 14.6. The predicted octanol–water partition coefficient (Wildman–Crippen LogP) is 4.56. The Bertz CT molecular complexity index is 1250. The van der Waals surface area contributed by atoms with Gasteiger partial charge in [-0.1, -0.05) is 40.9 Å². The molecular formula is C20H13Cl3N2O6. The minimum absolute atomic E-state index is 0.0374. The van der Waals surface area contributed by atoms with E-state index < -0.39 is 40.0 Å². The number of nitrogen functional groups attached to an aromatic ring is 1. The molecule has 0 saturated carbocycles. The number of nitrogens with two attached hydrogens (primary N) is 1. The first-order valence-corrected chi connectivity index (χ1v) is 9.63. The average molecular weight is 484 g/mol. The molecule has 0 atom stereocenters. The van der Waals surface area contributed by atoms with Crippen molar-refractivity contribution in [3.05, 3.63) is 78.5 Å². The van der Waals surface area contributed by atoms with E-state index in [1.165, 1.54) is 18.2 Å². The molecule has 0 aliphatic rings. The van der Waals surface area contributed by atoms with Crippen molar-refractivity contribution in [1.82, 2.24) is 4.98 Å². The molecule has 5 N–H and O–H groups in total. The summed E-state index contributed by atoms with van der Waals surface area (Å²) in [5.74, 6) is -3.68. The van der Waals surface area contributed by atoms with Crippen LogP contribution in [0.3, 0.4) is 0 Å². The Hall–Kier alpha value is -3.20. The van der Waals surface area contributed by atoms with Crippen LogP contribution in [0.15, 0.2) is 41.2 Å². The van der Waals surface area contributed by atoms with Gasteiger partial charge in [0.1, 0.15) is 29.3 Å². The van der Waals surface area contributed by atoms with Crippen LogP contribution in [0.5, 0.6) is 5.75 Å². The van der Waals surface area contributed by atoms with Gasteiger partial charge in [0, 0.05) is 31.8 Å². The summed E-state index contributed by atoms with van der Waals surface area (Å²) in [5.41, 5.74) is 3.13. The topological polar surface area (TPSA) is 143 Å². The molecule has 1 aromatic heterocycles. The molecular weight excluding hydrogens is 471 g/mol. The van der Waals surface area contributed by atoms with Crippen LogP contribution in [0.1, 0.15) is 26.3 Å². The largest absolute Gasteiger partial charge is 0.488 e. The van der Waals surface area contributed by atoms with Crippen LogP contribution in [0.25, 0.3) is 11.1 Å². The number of carboxylic acid groups (broad SMARTS) is 2. The molecule has 0 spiro atoms. The number of aromatic carboxylic acids is 2. The molecule has 0 aliphatic heterocycles. The number of aromatic amines is 1. The molecule has 11 heteroatoms. The summed E-state index contributed by atoms with van der Waals surface area (Å²) in [7, 11) is 0. The SMILES string of the molecule is Nc1[nH]c(=O)c(C(=O)O)c(-c2cc(Cl)ccc2OCc2c(Cl)cccc2Cl)c1C(=O)O. The molecule has 3 aromatic rings. The number of ether oxygens (including phenoxy) is 1. The molecule has 31 heavy (non-hydrogen) atoms. The number of aromatic nitrogens is 1. The van der Waals surface area contributed by atoms with Crippen molar-refractivity contribution < 1.29 is 24.5 Å². The number of H-pyrrole nitrogens is 1. The van der Waals surface area contributed by atoms with E-state index in [1.54, 1.807) is 18.2 Å². The van der Waals surface area contributed by atoms with E-state index >= 15 is 0 Å². The molecule has 0 saturated heterocycles. The lowest BCUT2D eigenvalue weighted by molar-refractivity contribution is 0.0695. The van der Waals surface area contributed by atoms with Crippen molar-refractivity contribution in [2.45, 2.75) is 6.61 Å². The fourth-order valence-electron chi connectivity index (χ4n) is 2.96. The van der Waals surface area contributed by atoms with Gasteiger partial charge in [0.25, 0.3) is 5.56 Å². The van der Waals surface area contributed by atoms with Gasteiger partial charge >= 0.3 is 11.9 Å². The normalized spacial score (nSPS) is 10.7. The van der Waals surface area contributed by atoms with Crippen LogP contribution in [-0.2, 0) is 6.61 Å². The number of rotatable bonds is 6. The van der Waals surface area contributed by atoms with Crippen molar-refractivity contribution in [3.8, 4) is 16.9 Å². The highest BCUT2D eigenvalue weighted by atomic mass is 35.5. The minimum Gasteiger partial charge on any atom is -0.488 e. The predicted molar refractivity (Wildman–Crippen MR) is 117 cm³/mol. The van der Waals surface area contributed by atoms with E-state index in [-0.39, 0.29) is 22.9 Å². The molecule has 0 fully saturated rings. The molecule has 3 rings (SSSR count).